The highest BCUT2D eigenvalue weighted by Gasteiger charge is 2.36. The number of carbonyl (C=O) groups excluding carboxylic acids is 2. The maximum absolute atomic E-state index is 13.1. The lowest BCUT2D eigenvalue weighted by Gasteiger charge is -2.32. The van der Waals surface area contributed by atoms with Gasteiger partial charge in [0.15, 0.2) is 5.17 Å². The van der Waals surface area contributed by atoms with Crippen LogP contribution in [0.3, 0.4) is 0 Å². The number of carboxylic acids is 1. The smallest absolute Gasteiger partial charge is 0.335 e. The van der Waals surface area contributed by atoms with Crippen LogP contribution in [0.25, 0.3) is 0 Å². The summed E-state index contributed by atoms with van der Waals surface area (Å²) in [5.41, 5.74) is 2.01. The summed E-state index contributed by atoms with van der Waals surface area (Å²) in [7, 11) is 0. The number of halogens is 2. The Morgan fingerprint density at radius 1 is 0.971 bits per heavy atom. The second kappa shape index (κ2) is 10.9. The second-order valence-electron chi connectivity index (χ2n) is 7.66. The number of amidine groups is 1. The Morgan fingerprint density at radius 3 is 2.17 bits per heavy atom. The molecular formula is C25H19Cl2N3O4S. The van der Waals surface area contributed by atoms with Crippen LogP contribution in [0.5, 0.6) is 0 Å². The highest BCUT2D eigenvalue weighted by Crippen LogP contribution is 2.31. The summed E-state index contributed by atoms with van der Waals surface area (Å²) in [6.07, 6.45) is -0.0169. The molecule has 1 atom stereocenters. The van der Waals surface area contributed by atoms with Crippen LogP contribution in [0.4, 0.5) is 11.4 Å². The Balaban J connectivity index is 1.57. The van der Waals surface area contributed by atoms with E-state index in [0.29, 0.717) is 26.6 Å². The molecule has 3 aromatic rings. The maximum atomic E-state index is 13.1. The molecule has 4 rings (SSSR count). The highest BCUT2D eigenvalue weighted by atomic mass is 35.5. The van der Waals surface area contributed by atoms with E-state index in [2.05, 4.69) is 10.3 Å². The van der Waals surface area contributed by atoms with E-state index >= 15 is 0 Å². The predicted octanol–water partition coefficient (Wildman–Crippen LogP) is 5.85. The molecule has 7 nitrogen and oxygen atoms in total. The number of thioether (sulfide) groups is 1. The number of carboxylic acid groups (broad SMARTS) is 1. The van der Waals surface area contributed by atoms with Gasteiger partial charge in [0, 0.05) is 22.2 Å². The van der Waals surface area contributed by atoms with Gasteiger partial charge in [-0.25, -0.2) is 9.79 Å². The van der Waals surface area contributed by atoms with E-state index < -0.39 is 11.2 Å². The lowest BCUT2D eigenvalue weighted by molar-refractivity contribution is -0.129. The van der Waals surface area contributed by atoms with Gasteiger partial charge in [-0.2, -0.15) is 0 Å². The molecule has 1 heterocycles. The number of aliphatic imine (C=N–C) groups is 1. The Kier molecular flexibility index (Phi) is 7.75. The summed E-state index contributed by atoms with van der Waals surface area (Å²) in [6.45, 7) is 0.278. The Labute approximate surface area is 215 Å². The largest absolute Gasteiger partial charge is 0.478 e. The normalized spacial score (nSPS) is 16.9. The van der Waals surface area contributed by atoms with Crippen molar-refractivity contribution < 1.29 is 19.5 Å². The molecule has 0 spiro atoms. The van der Waals surface area contributed by atoms with Gasteiger partial charge in [-0.05, 0) is 66.2 Å². The van der Waals surface area contributed by atoms with E-state index in [1.807, 2.05) is 12.1 Å². The number of anilines is 1. The first kappa shape index (κ1) is 24.8. The van der Waals surface area contributed by atoms with Crippen molar-refractivity contribution in [3.8, 4) is 0 Å². The molecule has 1 fully saturated rings. The van der Waals surface area contributed by atoms with Crippen LogP contribution in [0.15, 0.2) is 77.8 Å². The van der Waals surface area contributed by atoms with Gasteiger partial charge in [-0.3, -0.25) is 14.5 Å². The van der Waals surface area contributed by atoms with Crippen molar-refractivity contribution in [1.29, 1.82) is 0 Å². The average Bonchev–Trinajstić information content (AvgIpc) is 2.84. The number of rotatable bonds is 6. The van der Waals surface area contributed by atoms with Gasteiger partial charge in [0.1, 0.15) is 5.25 Å². The fraction of sp³-hybridized carbons (Fsp3) is 0.120. The molecule has 0 unspecified atom stereocenters. The number of carbonyl (C=O) groups is 3. The first-order valence-electron chi connectivity index (χ1n) is 10.5. The second-order valence-corrected chi connectivity index (χ2v) is 9.70. The molecule has 1 aliphatic heterocycles. The third-order valence-corrected chi connectivity index (χ3v) is 6.83. The number of nitrogens with one attached hydrogen (secondary N) is 1. The Hall–Kier alpha value is -3.33. The number of aromatic carboxylic acids is 1. The minimum Gasteiger partial charge on any atom is -0.478 e. The van der Waals surface area contributed by atoms with E-state index in [0.717, 1.165) is 5.56 Å². The van der Waals surface area contributed by atoms with E-state index in [1.54, 1.807) is 41.3 Å². The van der Waals surface area contributed by atoms with Gasteiger partial charge in [-0.1, -0.05) is 47.1 Å². The highest BCUT2D eigenvalue weighted by molar-refractivity contribution is 8.15. The van der Waals surface area contributed by atoms with E-state index in [9.17, 15) is 14.4 Å². The third-order valence-electron chi connectivity index (χ3n) is 5.14. The summed E-state index contributed by atoms with van der Waals surface area (Å²) in [5, 5.41) is 12.6. The monoisotopic (exact) mass is 527 g/mol. The molecule has 1 saturated heterocycles. The van der Waals surface area contributed by atoms with Gasteiger partial charge >= 0.3 is 5.97 Å². The van der Waals surface area contributed by atoms with Crippen molar-refractivity contribution in [3.63, 3.8) is 0 Å². The van der Waals surface area contributed by atoms with E-state index in [1.165, 1.54) is 36.0 Å². The fourth-order valence-corrected chi connectivity index (χ4v) is 4.66. The molecule has 0 radical (unpaired) electrons. The van der Waals surface area contributed by atoms with Crippen molar-refractivity contribution >= 4 is 69.3 Å². The number of hydrogen-bond donors (Lipinski definition) is 2. The minimum absolute atomic E-state index is 0.0169. The minimum atomic E-state index is -1.06. The summed E-state index contributed by atoms with van der Waals surface area (Å²) in [5.74, 6) is -1.67. The van der Waals surface area contributed by atoms with Crippen LogP contribution in [0.2, 0.25) is 10.0 Å². The van der Waals surface area contributed by atoms with Gasteiger partial charge in [0.25, 0.3) is 0 Å². The zero-order valence-electron chi connectivity index (χ0n) is 18.2. The van der Waals surface area contributed by atoms with Crippen molar-refractivity contribution in [2.75, 3.05) is 5.32 Å². The number of nitrogens with zero attached hydrogens (tertiary/aromatic N) is 2. The van der Waals surface area contributed by atoms with Crippen LogP contribution in [-0.4, -0.2) is 38.2 Å². The van der Waals surface area contributed by atoms with E-state index in [-0.39, 0.29) is 30.3 Å². The Bertz CT molecular complexity index is 1280. The first-order chi connectivity index (χ1) is 16.8. The summed E-state index contributed by atoms with van der Waals surface area (Å²) in [4.78, 5) is 43.3. The van der Waals surface area contributed by atoms with Gasteiger partial charge in [0.05, 0.1) is 17.8 Å². The van der Waals surface area contributed by atoms with Gasteiger partial charge in [-0.15, -0.1) is 0 Å². The lowest BCUT2D eigenvalue weighted by atomic mass is 10.2. The molecule has 1 aliphatic rings. The topological polar surface area (TPSA) is 99.1 Å². The molecule has 3 aromatic carbocycles. The summed E-state index contributed by atoms with van der Waals surface area (Å²) >= 11 is 13.2. The molecule has 0 aliphatic carbocycles. The van der Waals surface area contributed by atoms with E-state index in [4.69, 9.17) is 28.3 Å². The molecular weight excluding hydrogens is 509 g/mol. The number of benzene rings is 3. The summed E-state index contributed by atoms with van der Waals surface area (Å²) in [6, 6.07) is 19.8. The molecule has 0 aromatic heterocycles. The average molecular weight is 528 g/mol. The first-order valence-corrected chi connectivity index (χ1v) is 12.1. The quantitative estimate of drug-likeness (QED) is 0.418. The molecule has 0 saturated carbocycles. The summed E-state index contributed by atoms with van der Waals surface area (Å²) < 4.78 is 0. The zero-order valence-corrected chi connectivity index (χ0v) is 20.5. The molecule has 2 amide bonds. The van der Waals surface area contributed by atoms with Crippen LogP contribution in [0, 0.1) is 0 Å². The third kappa shape index (κ3) is 6.42. The molecule has 178 valence electrons. The van der Waals surface area contributed by atoms with Crippen LogP contribution >= 0.6 is 35.0 Å². The van der Waals surface area contributed by atoms with Crippen molar-refractivity contribution in [2.24, 2.45) is 4.99 Å². The van der Waals surface area contributed by atoms with Crippen molar-refractivity contribution in [2.45, 2.75) is 18.2 Å². The molecule has 10 heteroatoms. The van der Waals surface area contributed by atoms with Crippen LogP contribution in [-0.2, 0) is 16.1 Å². The molecule has 2 N–H and O–H groups in total. The van der Waals surface area contributed by atoms with Gasteiger partial charge < -0.3 is 10.4 Å². The standard InChI is InChI=1S/C25H19Cl2N3O4S/c26-17-5-1-15(2-6-17)14-30-22(31)13-21(35-25(30)29-20-11-7-18(27)8-12-20)23(32)28-19-9-3-16(4-10-19)24(33)34/h1-12,21H,13-14H2,(H,28,32)(H,33,34)/t21-/m0/s1. The lowest BCUT2D eigenvalue weighted by Crippen LogP contribution is -2.44. The molecule has 35 heavy (non-hydrogen) atoms. The number of amides is 2. The SMILES string of the molecule is O=C(O)c1ccc(NC(=O)[C@@H]2CC(=O)N(Cc3ccc(Cl)cc3)C(=Nc3ccc(Cl)cc3)S2)cc1. The van der Waals surface area contributed by atoms with Crippen molar-refractivity contribution in [3.05, 3.63) is 94.0 Å². The number of hydrogen-bond acceptors (Lipinski definition) is 5. The van der Waals surface area contributed by atoms with Gasteiger partial charge in [0.2, 0.25) is 11.8 Å². The molecule has 0 bridgehead atoms. The zero-order chi connectivity index (χ0) is 24.9. The predicted molar refractivity (Wildman–Crippen MR) is 139 cm³/mol. The van der Waals surface area contributed by atoms with Crippen molar-refractivity contribution in [1.82, 2.24) is 4.90 Å². The van der Waals surface area contributed by atoms with Crippen LogP contribution in [0.1, 0.15) is 22.3 Å². The Morgan fingerprint density at radius 2 is 1.57 bits per heavy atom. The fourth-order valence-electron chi connectivity index (χ4n) is 3.31. The maximum Gasteiger partial charge on any atom is 0.335 e. The van der Waals surface area contributed by atoms with Crippen LogP contribution < -0.4 is 5.32 Å².